The van der Waals surface area contributed by atoms with Crippen molar-refractivity contribution in [3.8, 4) is 22.8 Å². The lowest BCUT2D eigenvalue weighted by molar-refractivity contribution is 1.28. The molecule has 5 rings (SSSR count). The molecular formula is C18H10Cl2N6. The van der Waals surface area contributed by atoms with Gasteiger partial charge in [-0.05, 0) is 48.5 Å². The van der Waals surface area contributed by atoms with E-state index in [0.717, 1.165) is 11.1 Å². The van der Waals surface area contributed by atoms with Crippen LogP contribution in [0.4, 0.5) is 0 Å². The van der Waals surface area contributed by atoms with E-state index in [9.17, 15) is 0 Å². The first-order chi connectivity index (χ1) is 12.7. The van der Waals surface area contributed by atoms with Crippen molar-refractivity contribution in [1.82, 2.24) is 29.9 Å². The normalized spacial score (nSPS) is 11.5. The average molecular weight is 381 g/mol. The van der Waals surface area contributed by atoms with Gasteiger partial charge in [-0.3, -0.25) is 0 Å². The number of hydrogen-bond donors (Lipinski definition) is 2. The van der Waals surface area contributed by atoms with Gasteiger partial charge in [-0.2, -0.15) is 0 Å². The first kappa shape index (κ1) is 15.3. The zero-order valence-corrected chi connectivity index (χ0v) is 14.7. The van der Waals surface area contributed by atoms with Crippen LogP contribution in [0.3, 0.4) is 0 Å². The predicted molar refractivity (Wildman–Crippen MR) is 102 cm³/mol. The van der Waals surface area contributed by atoms with E-state index in [0.29, 0.717) is 44.3 Å². The van der Waals surface area contributed by atoms with E-state index in [1.54, 1.807) is 0 Å². The second-order valence-corrected chi connectivity index (χ2v) is 6.63. The molecule has 3 heterocycles. The number of aromatic nitrogens is 6. The maximum Gasteiger partial charge on any atom is 0.200 e. The molecule has 0 unspecified atom stereocenters. The molecule has 0 bridgehead atoms. The van der Waals surface area contributed by atoms with E-state index in [1.807, 2.05) is 48.5 Å². The number of hydrogen-bond acceptors (Lipinski definition) is 4. The average Bonchev–Trinajstić information content (AvgIpc) is 3.23. The van der Waals surface area contributed by atoms with E-state index in [4.69, 9.17) is 23.2 Å². The first-order valence-electron chi connectivity index (χ1n) is 7.81. The largest absolute Gasteiger partial charge is 0.321 e. The zero-order chi connectivity index (χ0) is 17.7. The van der Waals surface area contributed by atoms with Crippen LogP contribution in [0.1, 0.15) is 0 Å². The van der Waals surface area contributed by atoms with Gasteiger partial charge >= 0.3 is 0 Å². The number of H-pyrrole nitrogens is 2. The standard InChI is InChI=1S/C18H10Cl2N6/c19-11-5-1-9(2-6-11)13-21-15-16(22-13)26-18-17(25-15)23-14(24-18)10-3-7-12(20)8-4-10/h1-8H,(H2,21,22,23,24,25,26). The molecule has 0 fully saturated rings. The van der Waals surface area contributed by atoms with E-state index < -0.39 is 0 Å². The summed E-state index contributed by atoms with van der Waals surface area (Å²) >= 11 is 11.9. The first-order valence-corrected chi connectivity index (χ1v) is 8.57. The fraction of sp³-hybridized carbons (Fsp3) is 0. The number of rotatable bonds is 2. The highest BCUT2D eigenvalue weighted by molar-refractivity contribution is 6.30. The summed E-state index contributed by atoms with van der Waals surface area (Å²) in [6.07, 6.45) is 0. The lowest BCUT2D eigenvalue weighted by Crippen LogP contribution is -1.84. The number of fused-ring (bicyclic) bond motifs is 2. The van der Waals surface area contributed by atoms with Gasteiger partial charge in [0.15, 0.2) is 22.6 Å². The highest BCUT2D eigenvalue weighted by atomic mass is 35.5. The number of halogens is 2. The molecule has 2 aromatic carbocycles. The molecule has 0 saturated heterocycles. The molecular weight excluding hydrogens is 371 g/mol. The van der Waals surface area contributed by atoms with E-state index in [1.165, 1.54) is 0 Å². The molecule has 0 saturated carbocycles. The number of nitrogens with one attached hydrogen (secondary N) is 2. The molecule has 0 atom stereocenters. The molecule has 0 aliphatic rings. The summed E-state index contributed by atoms with van der Waals surface area (Å²) in [6.45, 7) is 0. The minimum absolute atomic E-state index is 0.511. The van der Waals surface area contributed by atoms with Gasteiger partial charge in [-0.15, -0.1) is 0 Å². The van der Waals surface area contributed by atoms with E-state index in [2.05, 4.69) is 29.9 Å². The maximum atomic E-state index is 5.93. The molecule has 5 aromatic rings. The smallest absolute Gasteiger partial charge is 0.200 e. The van der Waals surface area contributed by atoms with Crippen LogP contribution in [0, 0.1) is 0 Å². The van der Waals surface area contributed by atoms with E-state index in [-0.39, 0.29) is 0 Å². The number of nitrogens with zero attached hydrogens (tertiary/aromatic N) is 4. The Balaban J connectivity index is 1.60. The monoisotopic (exact) mass is 380 g/mol. The quantitative estimate of drug-likeness (QED) is 0.457. The van der Waals surface area contributed by atoms with Crippen LogP contribution >= 0.6 is 23.2 Å². The van der Waals surface area contributed by atoms with Gasteiger partial charge in [0.05, 0.1) is 0 Å². The summed E-state index contributed by atoms with van der Waals surface area (Å²) in [6, 6.07) is 14.8. The van der Waals surface area contributed by atoms with Crippen LogP contribution < -0.4 is 0 Å². The summed E-state index contributed by atoms with van der Waals surface area (Å²) in [5.41, 5.74) is 4.02. The third-order valence-electron chi connectivity index (χ3n) is 4.00. The Hall–Kier alpha value is -2.96. The lowest BCUT2D eigenvalue weighted by atomic mass is 10.2. The molecule has 0 spiro atoms. The fourth-order valence-corrected chi connectivity index (χ4v) is 2.97. The Morgan fingerprint density at radius 3 is 1.38 bits per heavy atom. The topological polar surface area (TPSA) is 83.1 Å². The number of benzene rings is 2. The van der Waals surface area contributed by atoms with Crippen LogP contribution in [-0.4, -0.2) is 29.9 Å². The molecule has 6 nitrogen and oxygen atoms in total. The summed E-state index contributed by atoms with van der Waals surface area (Å²) in [5.74, 6) is 1.37. The molecule has 0 radical (unpaired) electrons. The Bertz CT molecular complexity index is 1090. The fourth-order valence-electron chi connectivity index (χ4n) is 2.72. The summed E-state index contributed by atoms with van der Waals surface area (Å²) < 4.78 is 0. The highest BCUT2D eigenvalue weighted by Gasteiger charge is 2.13. The second kappa shape index (κ2) is 5.79. The SMILES string of the molecule is Clc1ccc(-c2nc3nc4nc(-c5ccc(Cl)cc5)[nH]c4nc3[nH]2)cc1. The van der Waals surface area contributed by atoms with Gasteiger partial charge in [-0.1, -0.05) is 23.2 Å². The summed E-state index contributed by atoms with van der Waals surface area (Å²) in [4.78, 5) is 24.5. The molecule has 0 amide bonds. The Morgan fingerprint density at radius 1 is 0.538 bits per heavy atom. The van der Waals surface area contributed by atoms with Crippen LogP contribution in [0.5, 0.6) is 0 Å². The molecule has 0 aliphatic heterocycles. The molecule has 2 N–H and O–H groups in total. The van der Waals surface area contributed by atoms with Gasteiger partial charge in [0.25, 0.3) is 0 Å². The van der Waals surface area contributed by atoms with Crippen molar-refractivity contribution >= 4 is 45.8 Å². The van der Waals surface area contributed by atoms with Crippen LogP contribution in [0.2, 0.25) is 10.0 Å². The Morgan fingerprint density at radius 2 is 0.962 bits per heavy atom. The minimum Gasteiger partial charge on any atom is -0.321 e. The highest BCUT2D eigenvalue weighted by Crippen LogP contribution is 2.24. The zero-order valence-electron chi connectivity index (χ0n) is 13.2. The molecule has 0 aliphatic carbocycles. The maximum absolute atomic E-state index is 5.93. The van der Waals surface area contributed by atoms with Crippen LogP contribution in [0.25, 0.3) is 45.4 Å². The molecule has 3 aromatic heterocycles. The Labute approximate surface area is 157 Å². The van der Waals surface area contributed by atoms with Crippen molar-refractivity contribution in [2.45, 2.75) is 0 Å². The summed E-state index contributed by atoms with van der Waals surface area (Å²) in [7, 11) is 0. The van der Waals surface area contributed by atoms with E-state index >= 15 is 0 Å². The van der Waals surface area contributed by atoms with Crippen molar-refractivity contribution in [2.75, 3.05) is 0 Å². The molecule has 126 valence electrons. The van der Waals surface area contributed by atoms with Gasteiger partial charge in [-0.25, -0.2) is 19.9 Å². The van der Waals surface area contributed by atoms with Gasteiger partial charge in [0.1, 0.15) is 11.6 Å². The van der Waals surface area contributed by atoms with Crippen molar-refractivity contribution < 1.29 is 0 Å². The number of aromatic amines is 2. The lowest BCUT2D eigenvalue weighted by Gasteiger charge is -1.95. The van der Waals surface area contributed by atoms with Gasteiger partial charge in [0.2, 0.25) is 0 Å². The third-order valence-corrected chi connectivity index (χ3v) is 4.51. The second-order valence-electron chi connectivity index (χ2n) is 5.75. The molecule has 8 heteroatoms. The third kappa shape index (κ3) is 2.60. The predicted octanol–water partition coefficient (Wildman–Crippen LogP) is 4.87. The van der Waals surface area contributed by atoms with Crippen molar-refractivity contribution in [2.24, 2.45) is 0 Å². The van der Waals surface area contributed by atoms with Gasteiger partial charge in [0, 0.05) is 21.2 Å². The molecule has 26 heavy (non-hydrogen) atoms. The minimum atomic E-state index is 0.511. The van der Waals surface area contributed by atoms with Crippen molar-refractivity contribution in [3.63, 3.8) is 0 Å². The van der Waals surface area contributed by atoms with Crippen LogP contribution in [-0.2, 0) is 0 Å². The van der Waals surface area contributed by atoms with Crippen LogP contribution in [0.15, 0.2) is 48.5 Å². The van der Waals surface area contributed by atoms with Gasteiger partial charge < -0.3 is 9.97 Å². The number of imidazole rings is 2. The van der Waals surface area contributed by atoms with Crippen molar-refractivity contribution in [1.29, 1.82) is 0 Å². The van der Waals surface area contributed by atoms with Crippen molar-refractivity contribution in [3.05, 3.63) is 58.6 Å². The Kier molecular flexibility index (Phi) is 3.41. The summed E-state index contributed by atoms with van der Waals surface area (Å²) in [5, 5.41) is 1.35.